The van der Waals surface area contributed by atoms with E-state index in [-0.39, 0.29) is 10.5 Å². The van der Waals surface area contributed by atoms with Crippen molar-refractivity contribution in [2.24, 2.45) is 0 Å². The molecule has 170 valence electrons. The Morgan fingerprint density at radius 1 is 0.912 bits per heavy atom. The van der Waals surface area contributed by atoms with Crippen LogP contribution in [0.2, 0.25) is 0 Å². The maximum Gasteiger partial charge on any atom is 0.265 e. The monoisotopic (exact) mass is 532 g/mol. The Morgan fingerprint density at radius 2 is 1.65 bits per heavy atom. The van der Waals surface area contributed by atoms with Crippen LogP contribution in [-0.2, 0) is 16.4 Å². The molecule has 5 nitrogen and oxygen atoms in total. The molecule has 0 unspecified atom stereocenters. The number of fused-ring (bicyclic) bond motifs is 2. The largest absolute Gasteiger partial charge is 0.358 e. The number of benzene rings is 4. The number of aryl methyl sites for hydroxylation is 1. The average molecular weight is 533 g/mol. The quantitative estimate of drug-likeness (QED) is 0.287. The molecule has 5 aromatic rings. The summed E-state index contributed by atoms with van der Waals surface area (Å²) >= 11 is 3.77. The van der Waals surface area contributed by atoms with Gasteiger partial charge >= 0.3 is 0 Å². The molecule has 4 aromatic carbocycles. The van der Waals surface area contributed by atoms with E-state index in [4.69, 9.17) is 0 Å². The minimum absolute atomic E-state index is 0.0451. The molecule has 5 rings (SSSR count). The van der Waals surface area contributed by atoms with Gasteiger partial charge in [-0.3, -0.25) is 4.79 Å². The lowest BCUT2D eigenvalue weighted by Gasteiger charge is -2.10. The highest BCUT2D eigenvalue weighted by Crippen LogP contribution is 2.32. The number of H-pyrrole nitrogens is 1. The van der Waals surface area contributed by atoms with Crippen molar-refractivity contribution in [3.8, 4) is 0 Å². The van der Waals surface area contributed by atoms with Crippen molar-refractivity contribution in [3.63, 3.8) is 0 Å². The summed E-state index contributed by atoms with van der Waals surface area (Å²) in [4.78, 5) is 16.3. The minimum Gasteiger partial charge on any atom is -0.358 e. The van der Waals surface area contributed by atoms with Gasteiger partial charge in [0.2, 0.25) is 0 Å². The number of hydrogen-bond donors (Lipinski definition) is 2. The normalized spacial score (nSPS) is 11.7. The molecule has 0 fully saturated rings. The van der Waals surface area contributed by atoms with Gasteiger partial charge in [0.15, 0.2) is 0 Å². The van der Waals surface area contributed by atoms with Gasteiger partial charge in [-0.05, 0) is 75.1 Å². The van der Waals surface area contributed by atoms with E-state index in [1.807, 2.05) is 25.1 Å². The molecule has 1 amide bonds. The van der Waals surface area contributed by atoms with Gasteiger partial charge in [0.05, 0.1) is 4.90 Å². The zero-order valence-electron chi connectivity index (χ0n) is 18.3. The van der Waals surface area contributed by atoms with Crippen molar-refractivity contribution < 1.29 is 13.2 Å². The predicted molar refractivity (Wildman–Crippen MR) is 139 cm³/mol. The van der Waals surface area contributed by atoms with Crippen molar-refractivity contribution in [1.29, 1.82) is 0 Å². The molecular formula is C27H21BrN2O3S. The summed E-state index contributed by atoms with van der Waals surface area (Å²) in [6.45, 7) is 2.00. The van der Waals surface area contributed by atoms with Crippen molar-refractivity contribution >= 4 is 53.5 Å². The number of sulfonamides is 1. The number of carbonyl (C=O) groups is 1. The average Bonchev–Trinajstić information content (AvgIpc) is 3.15. The molecule has 2 N–H and O–H groups in total. The number of halogens is 1. The van der Waals surface area contributed by atoms with Gasteiger partial charge < -0.3 is 4.98 Å². The van der Waals surface area contributed by atoms with Crippen LogP contribution < -0.4 is 4.72 Å². The van der Waals surface area contributed by atoms with E-state index in [9.17, 15) is 13.2 Å². The molecule has 0 aliphatic rings. The number of hydrogen-bond acceptors (Lipinski definition) is 3. The van der Waals surface area contributed by atoms with Crippen LogP contribution in [0.15, 0.2) is 94.3 Å². The summed E-state index contributed by atoms with van der Waals surface area (Å²) in [5, 5.41) is 3.19. The minimum atomic E-state index is -3.95. The van der Waals surface area contributed by atoms with Crippen LogP contribution in [0.4, 0.5) is 0 Å². The van der Waals surface area contributed by atoms with Gasteiger partial charge in [-0.25, -0.2) is 13.1 Å². The van der Waals surface area contributed by atoms with Gasteiger partial charge in [0, 0.05) is 33.1 Å². The van der Waals surface area contributed by atoms with E-state index >= 15 is 0 Å². The molecule has 0 spiro atoms. The number of aromatic nitrogens is 1. The maximum atomic E-state index is 12.8. The van der Waals surface area contributed by atoms with Crippen molar-refractivity contribution in [1.82, 2.24) is 9.71 Å². The van der Waals surface area contributed by atoms with Gasteiger partial charge in [0.1, 0.15) is 0 Å². The summed E-state index contributed by atoms with van der Waals surface area (Å²) < 4.78 is 28.4. The molecule has 0 saturated carbocycles. The number of amides is 1. The fourth-order valence-corrected chi connectivity index (χ4v) is 5.83. The number of carbonyl (C=O) groups excluding carboxylic acids is 1. The lowest BCUT2D eigenvalue weighted by Crippen LogP contribution is -2.30. The van der Waals surface area contributed by atoms with Crippen LogP contribution in [0.5, 0.6) is 0 Å². The Labute approximate surface area is 206 Å². The number of rotatable bonds is 5. The molecule has 1 aromatic heterocycles. The topological polar surface area (TPSA) is 79.0 Å². The molecule has 1 heterocycles. The molecule has 0 saturated heterocycles. The lowest BCUT2D eigenvalue weighted by molar-refractivity contribution is 0.0981. The van der Waals surface area contributed by atoms with Crippen molar-refractivity contribution in [2.45, 2.75) is 18.2 Å². The SMILES string of the molecule is Cc1[nH]c2ccc(C(=O)NS(=O)(=O)c3ccccc3)cc2c1Cc1ccc2ccccc2c1Br. The van der Waals surface area contributed by atoms with Crippen molar-refractivity contribution in [2.75, 3.05) is 0 Å². The molecule has 0 aliphatic carbocycles. The number of aromatic amines is 1. The third-order valence-corrected chi connectivity index (χ3v) is 8.26. The fourth-order valence-electron chi connectivity index (χ4n) is 4.20. The molecule has 0 atom stereocenters. The molecular weight excluding hydrogens is 512 g/mol. The zero-order chi connectivity index (χ0) is 23.9. The van der Waals surface area contributed by atoms with E-state index in [2.05, 4.69) is 49.9 Å². The van der Waals surface area contributed by atoms with E-state index in [1.54, 1.807) is 30.3 Å². The van der Waals surface area contributed by atoms with Gasteiger partial charge in [-0.2, -0.15) is 0 Å². The Kier molecular flexibility index (Phi) is 5.75. The second-order valence-electron chi connectivity index (χ2n) is 8.17. The van der Waals surface area contributed by atoms with Crippen molar-refractivity contribution in [3.05, 3.63) is 112 Å². The third-order valence-electron chi connectivity index (χ3n) is 5.97. The van der Waals surface area contributed by atoms with Crippen LogP contribution in [0, 0.1) is 6.92 Å². The van der Waals surface area contributed by atoms with E-state index in [0.29, 0.717) is 6.42 Å². The number of nitrogens with one attached hydrogen (secondary N) is 2. The second-order valence-corrected chi connectivity index (χ2v) is 10.6. The molecule has 0 bridgehead atoms. The first-order valence-corrected chi connectivity index (χ1v) is 13.0. The Morgan fingerprint density at radius 3 is 2.44 bits per heavy atom. The summed E-state index contributed by atoms with van der Waals surface area (Å²) in [5.41, 5.74) is 4.37. The van der Waals surface area contributed by atoms with Crippen LogP contribution in [0.25, 0.3) is 21.7 Å². The highest BCUT2D eigenvalue weighted by Gasteiger charge is 2.20. The molecule has 7 heteroatoms. The standard InChI is InChI=1S/C27H21BrN2O3S/c1-17-23(15-19-12-11-18-7-5-6-10-22(18)26(19)28)24-16-20(13-14-25(24)29-17)27(31)30-34(32,33)21-8-3-2-4-9-21/h2-14,16,29H,15H2,1H3,(H,30,31). The molecule has 0 radical (unpaired) electrons. The first-order valence-electron chi connectivity index (χ1n) is 10.7. The van der Waals surface area contributed by atoms with Gasteiger partial charge in [-0.15, -0.1) is 0 Å². The van der Waals surface area contributed by atoms with Gasteiger partial charge in [0.25, 0.3) is 15.9 Å². The Bertz CT molecular complexity index is 1660. The van der Waals surface area contributed by atoms with Crippen LogP contribution in [0.3, 0.4) is 0 Å². The first-order chi connectivity index (χ1) is 16.3. The third kappa shape index (κ3) is 4.13. The van der Waals surface area contributed by atoms with E-state index in [1.165, 1.54) is 12.1 Å². The Balaban J connectivity index is 1.50. The first kappa shape index (κ1) is 22.4. The van der Waals surface area contributed by atoms with Gasteiger partial charge in [-0.1, -0.05) is 54.6 Å². The summed E-state index contributed by atoms with van der Waals surface area (Å²) in [6, 6.07) is 25.4. The maximum absolute atomic E-state index is 12.8. The highest BCUT2D eigenvalue weighted by molar-refractivity contribution is 9.10. The van der Waals surface area contributed by atoms with Crippen LogP contribution in [0.1, 0.15) is 27.2 Å². The summed E-state index contributed by atoms with van der Waals surface area (Å²) in [6.07, 6.45) is 0.657. The summed E-state index contributed by atoms with van der Waals surface area (Å²) in [7, 11) is -3.95. The highest BCUT2D eigenvalue weighted by atomic mass is 79.9. The predicted octanol–water partition coefficient (Wildman–Crippen LogP) is 6.10. The Hall–Kier alpha value is -3.42. The molecule has 34 heavy (non-hydrogen) atoms. The molecule has 0 aliphatic heterocycles. The lowest BCUT2D eigenvalue weighted by atomic mass is 9.98. The fraction of sp³-hybridized carbons (Fsp3) is 0.0741. The van der Waals surface area contributed by atoms with Crippen LogP contribution in [-0.4, -0.2) is 19.3 Å². The summed E-state index contributed by atoms with van der Waals surface area (Å²) in [5.74, 6) is -0.664. The smallest absolute Gasteiger partial charge is 0.265 e. The second kappa shape index (κ2) is 8.74. The van der Waals surface area contributed by atoms with E-state index in [0.717, 1.165) is 43.0 Å². The zero-order valence-corrected chi connectivity index (χ0v) is 20.7. The van der Waals surface area contributed by atoms with E-state index < -0.39 is 15.9 Å². The van der Waals surface area contributed by atoms with Crippen LogP contribution >= 0.6 is 15.9 Å².